The summed E-state index contributed by atoms with van der Waals surface area (Å²) in [5.41, 5.74) is 0.289. The van der Waals surface area contributed by atoms with Gasteiger partial charge in [-0.2, -0.15) is 0 Å². The average Bonchev–Trinajstić information content (AvgIpc) is 2.66. The number of esters is 1. The minimum atomic E-state index is -0.662. The number of carbonyl (C=O) groups excluding carboxylic acids is 1. The molecule has 0 aromatic rings. The van der Waals surface area contributed by atoms with Crippen molar-refractivity contribution in [3.05, 3.63) is 0 Å². The van der Waals surface area contributed by atoms with Crippen molar-refractivity contribution in [2.75, 3.05) is 7.11 Å². The van der Waals surface area contributed by atoms with Crippen LogP contribution in [0.4, 0.5) is 0 Å². The van der Waals surface area contributed by atoms with Gasteiger partial charge in [-0.05, 0) is 37.0 Å². The lowest BCUT2D eigenvalue weighted by Gasteiger charge is -2.61. The second-order valence-electron chi connectivity index (χ2n) is 7.64. The summed E-state index contributed by atoms with van der Waals surface area (Å²) in [4.78, 5) is 11.8. The Hall–Kier alpha value is -0.570. The van der Waals surface area contributed by atoms with Crippen molar-refractivity contribution in [1.29, 1.82) is 0 Å². The molecule has 0 radical (unpaired) electrons. The van der Waals surface area contributed by atoms with E-state index in [-0.39, 0.29) is 17.3 Å². The van der Waals surface area contributed by atoms with Gasteiger partial charge in [-0.3, -0.25) is 4.79 Å². The first kappa shape index (κ1) is 13.4. The third kappa shape index (κ3) is 1.57. The van der Waals surface area contributed by atoms with Crippen LogP contribution >= 0.6 is 0 Å². The Morgan fingerprint density at radius 3 is 2.63 bits per heavy atom. The molecular weight excluding hydrogens is 240 g/mol. The lowest BCUT2D eigenvalue weighted by molar-refractivity contribution is -0.317. The highest BCUT2D eigenvalue weighted by atomic mass is 16.7. The molecule has 0 aromatic carbocycles. The minimum Gasteiger partial charge on any atom is -0.432 e. The summed E-state index contributed by atoms with van der Waals surface area (Å²) in [5, 5.41) is 0. The van der Waals surface area contributed by atoms with Crippen LogP contribution in [0.2, 0.25) is 0 Å². The van der Waals surface area contributed by atoms with E-state index in [9.17, 15) is 4.79 Å². The molecule has 0 N–H and O–H groups in total. The van der Waals surface area contributed by atoms with Gasteiger partial charge in [0.15, 0.2) is 0 Å². The van der Waals surface area contributed by atoms with E-state index in [0.717, 1.165) is 12.8 Å². The molecule has 2 saturated carbocycles. The van der Waals surface area contributed by atoms with Gasteiger partial charge < -0.3 is 9.47 Å². The Balaban J connectivity index is 2.06. The molecule has 1 saturated heterocycles. The van der Waals surface area contributed by atoms with Crippen LogP contribution in [-0.4, -0.2) is 18.9 Å². The van der Waals surface area contributed by atoms with Gasteiger partial charge in [0.25, 0.3) is 0 Å². The highest BCUT2D eigenvalue weighted by Gasteiger charge is 2.68. The number of fused-ring (bicyclic) bond motifs is 3. The Morgan fingerprint density at radius 1 is 1.21 bits per heavy atom. The Bertz CT molecular complexity index is 403. The average molecular weight is 266 g/mol. The molecule has 3 aliphatic rings. The van der Waals surface area contributed by atoms with Gasteiger partial charge in [-0.15, -0.1) is 0 Å². The zero-order valence-electron chi connectivity index (χ0n) is 12.6. The maximum atomic E-state index is 11.8. The van der Waals surface area contributed by atoms with E-state index < -0.39 is 5.79 Å². The zero-order chi connectivity index (χ0) is 13.9. The lowest BCUT2D eigenvalue weighted by atomic mass is 9.48. The van der Waals surface area contributed by atoms with Gasteiger partial charge in [0, 0.05) is 18.4 Å². The van der Waals surface area contributed by atoms with Gasteiger partial charge in [0.05, 0.1) is 6.42 Å². The number of carbonyl (C=O) groups is 1. The van der Waals surface area contributed by atoms with Crippen LogP contribution in [0.3, 0.4) is 0 Å². The molecule has 19 heavy (non-hydrogen) atoms. The summed E-state index contributed by atoms with van der Waals surface area (Å²) < 4.78 is 11.7. The van der Waals surface area contributed by atoms with E-state index in [4.69, 9.17) is 9.47 Å². The van der Waals surface area contributed by atoms with Gasteiger partial charge in [0.1, 0.15) is 0 Å². The Kier molecular flexibility index (Phi) is 2.80. The van der Waals surface area contributed by atoms with Crippen molar-refractivity contribution >= 4 is 5.97 Å². The molecule has 0 bridgehead atoms. The van der Waals surface area contributed by atoms with Crippen LogP contribution in [0.25, 0.3) is 0 Å². The summed E-state index contributed by atoms with van der Waals surface area (Å²) in [6.07, 6.45) is 6.38. The molecule has 3 fully saturated rings. The van der Waals surface area contributed by atoms with Crippen LogP contribution < -0.4 is 0 Å². The van der Waals surface area contributed by atoms with Crippen LogP contribution in [0.5, 0.6) is 0 Å². The minimum absolute atomic E-state index is 0.0292. The third-order valence-corrected chi connectivity index (χ3v) is 6.35. The second kappa shape index (κ2) is 3.97. The van der Waals surface area contributed by atoms with Crippen molar-refractivity contribution in [3.8, 4) is 0 Å². The molecule has 3 nitrogen and oxygen atoms in total. The van der Waals surface area contributed by atoms with Crippen LogP contribution in [0, 0.1) is 22.7 Å². The highest BCUT2D eigenvalue weighted by molar-refractivity contribution is 5.73. The van der Waals surface area contributed by atoms with Gasteiger partial charge in [0.2, 0.25) is 5.79 Å². The maximum Gasteiger partial charge on any atom is 0.308 e. The van der Waals surface area contributed by atoms with Crippen LogP contribution in [-0.2, 0) is 14.3 Å². The summed E-state index contributed by atoms with van der Waals surface area (Å²) in [6.45, 7) is 7.04. The van der Waals surface area contributed by atoms with Crippen molar-refractivity contribution in [3.63, 3.8) is 0 Å². The monoisotopic (exact) mass is 266 g/mol. The van der Waals surface area contributed by atoms with Crippen LogP contribution in [0.15, 0.2) is 0 Å². The predicted octanol–water partition coefficient (Wildman–Crippen LogP) is 3.52. The van der Waals surface area contributed by atoms with Crippen molar-refractivity contribution in [2.24, 2.45) is 22.7 Å². The second-order valence-corrected chi connectivity index (χ2v) is 7.64. The fourth-order valence-corrected chi connectivity index (χ4v) is 5.56. The molecule has 0 aromatic heterocycles. The zero-order valence-corrected chi connectivity index (χ0v) is 12.6. The number of rotatable bonds is 1. The first-order valence-electron chi connectivity index (χ1n) is 7.63. The number of hydrogen-bond acceptors (Lipinski definition) is 3. The molecule has 1 heterocycles. The van der Waals surface area contributed by atoms with E-state index in [1.165, 1.54) is 19.3 Å². The fraction of sp³-hybridized carbons (Fsp3) is 0.938. The van der Waals surface area contributed by atoms with Crippen LogP contribution in [0.1, 0.15) is 59.3 Å². The van der Waals surface area contributed by atoms with Gasteiger partial charge in [-0.1, -0.05) is 27.2 Å². The Labute approximate surface area is 116 Å². The number of hydrogen-bond donors (Lipinski definition) is 0. The largest absolute Gasteiger partial charge is 0.432 e. The summed E-state index contributed by atoms with van der Waals surface area (Å²) in [5.74, 6) is 0.0955. The van der Waals surface area contributed by atoms with Crippen molar-refractivity contribution in [1.82, 2.24) is 0 Å². The summed E-state index contributed by atoms with van der Waals surface area (Å²) in [7, 11) is 1.72. The molecular formula is C16H26O3. The fourth-order valence-electron chi connectivity index (χ4n) is 5.56. The molecule has 2 aliphatic carbocycles. The number of ether oxygens (including phenoxy) is 2. The molecule has 1 aliphatic heterocycles. The van der Waals surface area contributed by atoms with Crippen molar-refractivity contribution < 1.29 is 14.3 Å². The number of methoxy groups -OCH3 is 1. The normalized spacial score (nSPS) is 48.3. The summed E-state index contributed by atoms with van der Waals surface area (Å²) >= 11 is 0. The third-order valence-electron chi connectivity index (χ3n) is 6.35. The topological polar surface area (TPSA) is 35.5 Å². The van der Waals surface area contributed by atoms with Gasteiger partial charge in [-0.25, -0.2) is 0 Å². The lowest BCUT2D eigenvalue weighted by Crippen LogP contribution is -2.62. The Morgan fingerprint density at radius 2 is 1.95 bits per heavy atom. The van der Waals surface area contributed by atoms with E-state index in [1.54, 1.807) is 7.11 Å². The smallest absolute Gasteiger partial charge is 0.308 e. The quantitative estimate of drug-likeness (QED) is 0.681. The SMILES string of the molecule is COC12OC(=O)CC1CCC1C(C)(C)CCCC12C. The molecule has 3 heteroatoms. The molecule has 4 atom stereocenters. The summed E-state index contributed by atoms with van der Waals surface area (Å²) in [6, 6.07) is 0. The molecule has 0 amide bonds. The van der Waals surface area contributed by atoms with E-state index in [2.05, 4.69) is 20.8 Å². The molecule has 108 valence electrons. The van der Waals surface area contributed by atoms with E-state index in [0.29, 0.717) is 17.8 Å². The highest BCUT2D eigenvalue weighted by Crippen LogP contribution is 2.65. The van der Waals surface area contributed by atoms with E-state index >= 15 is 0 Å². The van der Waals surface area contributed by atoms with Gasteiger partial charge >= 0.3 is 5.97 Å². The molecule has 4 unspecified atom stereocenters. The first-order valence-corrected chi connectivity index (χ1v) is 7.63. The molecule has 0 spiro atoms. The van der Waals surface area contributed by atoms with Crippen molar-refractivity contribution in [2.45, 2.75) is 65.1 Å². The standard InChI is InChI=1S/C16H26O3/c1-14(2)8-5-9-15(3)12(14)7-6-11-10-13(17)19-16(11,15)18-4/h11-12H,5-10H2,1-4H3. The van der Waals surface area contributed by atoms with E-state index in [1.807, 2.05) is 0 Å². The predicted molar refractivity (Wildman–Crippen MR) is 72.4 cm³/mol. The maximum absolute atomic E-state index is 11.8. The first-order chi connectivity index (χ1) is 8.86. The molecule has 3 rings (SSSR count).